The zero-order chi connectivity index (χ0) is 25.6. The summed E-state index contributed by atoms with van der Waals surface area (Å²) in [4.78, 5) is 21.0. The summed E-state index contributed by atoms with van der Waals surface area (Å²) in [6, 6.07) is 13.9. The number of nitrogens with one attached hydrogen (secondary N) is 2. The molecule has 0 aliphatic carbocycles. The van der Waals surface area contributed by atoms with E-state index in [0.29, 0.717) is 39.4 Å². The van der Waals surface area contributed by atoms with Gasteiger partial charge in [0.1, 0.15) is 27.5 Å². The van der Waals surface area contributed by atoms with Crippen LogP contribution in [0.2, 0.25) is 0 Å². The highest BCUT2D eigenvalue weighted by Crippen LogP contribution is 2.32. The first-order valence-corrected chi connectivity index (χ1v) is 13.5. The predicted octanol–water partition coefficient (Wildman–Crippen LogP) is 4.35. The van der Waals surface area contributed by atoms with Gasteiger partial charge in [-0.15, -0.1) is 0 Å². The van der Waals surface area contributed by atoms with Gasteiger partial charge in [0.25, 0.3) is 0 Å². The molecule has 0 radical (unpaired) electrons. The van der Waals surface area contributed by atoms with Crippen molar-refractivity contribution >= 4 is 31.9 Å². The fraction of sp³-hybridized carbons (Fsp3) is 0.115. The first-order chi connectivity index (χ1) is 17.8. The molecule has 0 amide bonds. The molecule has 0 bridgehead atoms. The maximum Gasteiger partial charge on any atom is 0.161 e. The Morgan fingerprint density at radius 3 is 2.57 bits per heavy atom. The summed E-state index contributed by atoms with van der Waals surface area (Å²) in [5.74, 6) is 0.0215. The van der Waals surface area contributed by atoms with Crippen LogP contribution in [0.5, 0.6) is 0 Å². The zero-order valence-electron chi connectivity index (χ0n) is 19.6. The smallest absolute Gasteiger partial charge is 0.161 e. The molecule has 0 saturated heterocycles. The third-order valence-electron chi connectivity index (χ3n) is 6.03. The molecule has 6 aromatic rings. The van der Waals surface area contributed by atoms with Gasteiger partial charge in [-0.25, -0.2) is 32.7 Å². The van der Waals surface area contributed by atoms with E-state index in [1.807, 2.05) is 30.3 Å². The van der Waals surface area contributed by atoms with Gasteiger partial charge in [0, 0.05) is 29.8 Å². The van der Waals surface area contributed by atoms with Crippen LogP contribution >= 0.6 is 0 Å². The van der Waals surface area contributed by atoms with Gasteiger partial charge in [0.15, 0.2) is 11.5 Å². The predicted molar refractivity (Wildman–Crippen MR) is 139 cm³/mol. The minimum atomic E-state index is -3.17. The van der Waals surface area contributed by atoms with Crippen molar-refractivity contribution in [1.29, 1.82) is 0 Å². The summed E-state index contributed by atoms with van der Waals surface area (Å²) in [5, 5.41) is 7.44. The quantitative estimate of drug-likeness (QED) is 0.339. The molecule has 0 aliphatic rings. The Morgan fingerprint density at radius 2 is 1.76 bits per heavy atom. The van der Waals surface area contributed by atoms with Crippen LogP contribution in [0, 0.1) is 5.82 Å². The number of aromatic nitrogens is 7. The van der Waals surface area contributed by atoms with E-state index in [0.717, 1.165) is 22.2 Å². The highest BCUT2D eigenvalue weighted by atomic mass is 32.2. The minimum Gasteiger partial charge on any atom is -0.336 e. The van der Waals surface area contributed by atoms with Gasteiger partial charge >= 0.3 is 0 Å². The molecule has 0 fully saturated rings. The molecule has 184 valence electrons. The van der Waals surface area contributed by atoms with Crippen LogP contribution in [0.4, 0.5) is 4.39 Å². The molecule has 6 rings (SSSR count). The summed E-state index contributed by atoms with van der Waals surface area (Å²) < 4.78 is 37.7. The van der Waals surface area contributed by atoms with E-state index in [1.54, 1.807) is 18.5 Å². The fourth-order valence-corrected chi connectivity index (χ4v) is 4.89. The lowest BCUT2D eigenvalue weighted by Gasteiger charge is -2.07. The van der Waals surface area contributed by atoms with Crippen molar-refractivity contribution in [3.05, 3.63) is 78.6 Å². The first kappa shape index (κ1) is 22.9. The number of rotatable bonds is 6. The lowest BCUT2D eigenvalue weighted by Crippen LogP contribution is -2.06. The summed E-state index contributed by atoms with van der Waals surface area (Å²) in [6.45, 7) is 0. The molecule has 0 saturated carbocycles. The van der Waals surface area contributed by atoms with Crippen molar-refractivity contribution < 1.29 is 12.8 Å². The summed E-state index contributed by atoms with van der Waals surface area (Å²) in [5.41, 5.74) is 6.73. The standard InChI is InChI=1S/C26H20FN7O2S/c1-37(35,36)8-7-15-9-16(11-18(27)10-15)19-3-2-4-21-23(19)32-26(31-21)25-24-22(33-34-25)6-5-20(30-24)17-12-28-14-29-13-17/h2-6,9-14H,7-8H2,1H3,(H,31,32)(H,33,34). The van der Waals surface area contributed by atoms with Crippen LogP contribution in [0.15, 0.2) is 67.3 Å². The number of hydrogen-bond acceptors (Lipinski definition) is 7. The molecular weight excluding hydrogens is 493 g/mol. The first-order valence-electron chi connectivity index (χ1n) is 11.4. The second-order valence-electron chi connectivity index (χ2n) is 8.81. The van der Waals surface area contributed by atoms with Gasteiger partial charge in [-0.3, -0.25) is 5.10 Å². The Labute approximate surface area is 210 Å². The van der Waals surface area contributed by atoms with Gasteiger partial charge < -0.3 is 4.98 Å². The van der Waals surface area contributed by atoms with Crippen LogP contribution < -0.4 is 0 Å². The van der Waals surface area contributed by atoms with Gasteiger partial charge in [0.05, 0.1) is 28.0 Å². The highest BCUT2D eigenvalue weighted by molar-refractivity contribution is 7.90. The Hall–Kier alpha value is -4.51. The maximum absolute atomic E-state index is 14.5. The van der Waals surface area contributed by atoms with Crippen molar-refractivity contribution in [2.75, 3.05) is 12.0 Å². The Balaban J connectivity index is 1.44. The SMILES string of the molecule is CS(=O)(=O)CCc1cc(F)cc(-c2cccc3[nH]c(-c4n[nH]c5ccc(-c6cncnc6)nc45)nc23)c1. The molecule has 2 aromatic carbocycles. The average Bonchev–Trinajstić information content (AvgIpc) is 3.51. The van der Waals surface area contributed by atoms with E-state index in [4.69, 9.17) is 9.97 Å². The number of halogens is 1. The number of pyridine rings is 1. The third kappa shape index (κ3) is 4.56. The molecule has 0 unspecified atom stereocenters. The molecule has 0 atom stereocenters. The van der Waals surface area contributed by atoms with E-state index in [-0.39, 0.29) is 12.2 Å². The summed E-state index contributed by atoms with van der Waals surface area (Å²) in [7, 11) is -3.17. The van der Waals surface area contributed by atoms with E-state index >= 15 is 0 Å². The normalized spacial score (nSPS) is 11.9. The maximum atomic E-state index is 14.5. The van der Waals surface area contributed by atoms with Crippen molar-refractivity contribution in [1.82, 2.24) is 35.1 Å². The molecule has 0 spiro atoms. The molecule has 2 N–H and O–H groups in total. The number of fused-ring (bicyclic) bond motifs is 2. The van der Waals surface area contributed by atoms with Gasteiger partial charge in [-0.1, -0.05) is 18.2 Å². The average molecular weight is 514 g/mol. The number of imidazole rings is 1. The number of aromatic amines is 2. The topological polar surface area (TPSA) is 130 Å². The van der Waals surface area contributed by atoms with Gasteiger partial charge in [-0.2, -0.15) is 5.10 Å². The summed E-state index contributed by atoms with van der Waals surface area (Å²) >= 11 is 0. The Morgan fingerprint density at radius 1 is 0.919 bits per heavy atom. The molecule has 4 aromatic heterocycles. The molecule has 0 aliphatic heterocycles. The van der Waals surface area contributed by atoms with Crippen LogP contribution in [0.3, 0.4) is 0 Å². The van der Waals surface area contributed by atoms with Crippen LogP contribution in [-0.2, 0) is 16.3 Å². The number of aryl methyl sites for hydroxylation is 1. The number of benzene rings is 2. The highest BCUT2D eigenvalue weighted by Gasteiger charge is 2.17. The third-order valence-corrected chi connectivity index (χ3v) is 6.98. The second kappa shape index (κ2) is 8.86. The zero-order valence-corrected chi connectivity index (χ0v) is 20.4. The van der Waals surface area contributed by atoms with E-state index < -0.39 is 15.7 Å². The number of sulfone groups is 1. The van der Waals surface area contributed by atoms with Crippen molar-refractivity contribution in [2.45, 2.75) is 6.42 Å². The van der Waals surface area contributed by atoms with E-state index in [2.05, 4.69) is 25.1 Å². The summed E-state index contributed by atoms with van der Waals surface area (Å²) in [6.07, 6.45) is 6.24. The Bertz CT molecular complexity index is 1880. The number of hydrogen-bond donors (Lipinski definition) is 2. The molecule has 9 nitrogen and oxygen atoms in total. The van der Waals surface area contributed by atoms with Crippen molar-refractivity contribution in [3.8, 4) is 33.9 Å². The second-order valence-corrected chi connectivity index (χ2v) is 11.1. The molecule has 4 heterocycles. The van der Waals surface area contributed by atoms with E-state index in [9.17, 15) is 12.8 Å². The number of para-hydroxylation sites is 1. The number of H-pyrrole nitrogens is 2. The molecule has 11 heteroatoms. The van der Waals surface area contributed by atoms with Gasteiger partial charge in [0.2, 0.25) is 0 Å². The molecule has 37 heavy (non-hydrogen) atoms. The Kier molecular flexibility index (Phi) is 5.49. The largest absolute Gasteiger partial charge is 0.336 e. The van der Waals surface area contributed by atoms with E-state index in [1.165, 1.54) is 24.7 Å². The monoisotopic (exact) mass is 513 g/mol. The fourth-order valence-electron chi connectivity index (χ4n) is 4.29. The molecular formula is C26H20FN7O2S. The lowest BCUT2D eigenvalue weighted by molar-refractivity contribution is 0.600. The van der Waals surface area contributed by atoms with Gasteiger partial charge in [-0.05, 0) is 47.9 Å². The van der Waals surface area contributed by atoms with Crippen LogP contribution in [0.1, 0.15) is 5.56 Å². The van der Waals surface area contributed by atoms with Crippen LogP contribution in [-0.4, -0.2) is 55.5 Å². The minimum absolute atomic E-state index is 0.0526. The lowest BCUT2D eigenvalue weighted by atomic mass is 10.0. The van der Waals surface area contributed by atoms with Crippen molar-refractivity contribution in [3.63, 3.8) is 0 Å². The van der Waals surface area contributed by atoms with Crippen LogP contribution in [0.25, 0.3) is 56.0 Å². The van der Waals surface area contributed by atoms with Crippen molar-refractivity contribution in [2.24, 2.45) is 0 Å². The number of nitrogens with zero attached hydrogens (tertiary/aromatic N) is 5.